The smallest absolute Gasteiger partial charge is 0.223 e. The number of Topliss-reactive ketones (excluding diaryl/α,β-unsaturated/α-hetero) is 1. The Bertz CT molecular complexity index is 1450. The van der Waals surface area contributed by atoms with Crippen LogP contribution >= 0.6 is 0 Å². The number of fused-ring (bicyclic) bond motifs is 3. The van der Waals surface area contributed by atoms with Crippen LogP contribution in [0.5, 0.6) is 0 Å². The average molecular weight is 474 g/mol. The summed E-state index contributed by atoms with van der Waals surface area (Å²) in [7, 11) is 0. The second-order valence-corrected chi connectivity index (χ2v) is 9.10. The summed E-state index contributed by atoms with van der Waals surface area (Å²) in [6.45, 7) is 7.60. The summed E-state index contributed by atoms with van der Waals surface area (Å²) in [6, 6.07) is 12.5. The summed E-state index contributed by atoms with van der Waals surface area (Å²) in [5, 5.41) is 5.72. The van der Waals surface area contributed by atoms with Crippen LogP contribution in [0.25, 0.3) is 16.6 Å². The summed E-state index contributed by atoms with van der Waals surface area (Å²) < 4.78 is 16.4. The second-order valence-electron chi connectivity index (χ2n) is 9.10. The topological polar surface area (TPSA) is 70.8 Å². The van der Waals surface area contributed by atoms with E-state index in [1.807, 2.05) is 52.4 Å². The van der Waals surface area contributed by atoms with Gasteiger partial charge in [-0.15, -0.1) is 0 Å². The van der Waals surface area contributed by atoms with Crippen molar-refractivity contribution in [1.82, 2.24) is 19.5 Å². The Morgan fingerprint density at radius 3 is 2.49 bits per heavy atom. The van der Waals surface area contributed by atoms with E-state index in [0.717, 1.165) is 33.5 Å². The van der Waals surface area contributed by atoms with Crippen molar-refractivity contribution < 1.29 is 14.0 Å². The van der Waals surface area contributed by atoms with E-state index in [-0.39, 0.29) is 11.7 Å². The first kappa shape index (κ1) is 23.0. The highest BCUT2D eigenvalue weighted by Crippen LogP contribution is 2.24. The Hall–Kier alpha value is -3.81. The average Bonchev–Trinajstić information content (AvgIpc) is 3.22. The number of hydrogen-bond acceptors (Lipinski definition) is 5. The molecule has 2 aromatic heterocycles. The summed E-state index contributed by atoms with van der Waals surface area (Å²) >= 11 is 0. The lowest BCUT2D eigenvalue weighted by molar-refractivity contribution is -0.131. The lowest BCUT2D eigenvalue weighted by atomic mass is 10.1. The third-order valence-electron chi connectivity index (χ3n) is 6.93. The molecule has 1 saturated heterocycles. The van der Waals surface area contributed by atoms with Gasteiger partial charge in [0.25, 0.3) is 0 Å². The molecule has 7 nitrogen and oxygen atoms in total. The number of rotatable bonds is 5. The maximum absolute atomic E-state index is 14.5. The Labute approximate surface area is 203 Å². The first-order valence-electron chi connectivity index (χ1n) is 11.9. The number of ketones is 1. The number of amides is 1. The molecule has 0 aliphatic carbocycles. The molecule has 0 atom stereocenters. The van der Waals surface area contributed by atoms with E-state index >= 15 is 0 Å². The van der Waals surface area contributed by atoms with Gasteiger partial charge in [-0.1, -0.05) is 12.1 Å². The zero-order valence-electron chi connectivity index (χ0n) is 20.2. The normalized spacial score (nSPS) is 14.2. The van der Waals surface area contributed by atoms with Crippen molar-refractivity contribution in [3.8, 4) is 0 Å². The van der Waals surface area contributed by atoms with Gasteiger partial charge in [-0.2, -0.15) is 5.10 Å². The molecule has 0 radical (unpaired) electrons. The molecular weight excluding hydrogens is 445 g/mol. The molecule has 0 saturated carbocycles. The molecule has 0 unspecified atom stereocenters. The highest BCUT2D eigenvalue weighted by molar-refractivity contribution is 5.94. The van der Waals surface area contributed by atoms with E-state index in [9.17, 15) is 14.0 Å². The standard InChI is InChI=1S/C27H28FN5O2/c1-17-21(18(2)33-27(29-17)22-6-4-5-7-24(22)30-33)9-11-26(35)32-14-12-31(13-15-32)25-10-8-20(19(3)34)16-23(25)28/h4-8,10,16H,9,11-15H2,1-3H3. The molecule has 180 valence electrons. The van der Waals surface area contributed by atoms with Gasteiger partial charge in [0.1, 0.15) is 5.82 Å². The van der Waals surface area contributed by atoms with Crippen molar-refractivity contribution in [3.63, 3.8) is 0 Å². The molecule has 35 heavy (non-hydrogen) atoms. The summed E-state index contributed by atoms with van der Waals surface area (Å²) in [5.74, 6) is -0.481. The monoisotopic (exact) mass is 473 g/mol. The number of benzene rings is 2. The highest BCUT2D eigenvalue weighted by atomic mass is 19.1. The molecule has 1 amide bonds. The number of carbonyl (C=O) groups is 2. The zero-order valence-corrected chi connectivity index (χ0v) is 20.2. The first-order chi connectivity index (χ1) is 16.8. The van der Waals surface area contributed by atoms with Gasteiger partial charge in [0.2, 0.25) is 5.91 Å². The number of anilines is 1. The van der Waals surface area contributed by atoms with Crippen LogP contribution in [0.15, 0.2) is 42.5 Å². The van der Waals surface area contributed by atoms with Gasteiger partial charge in [0.05, 0.1) is 11.2 Å². The van der Waals surface area contributed by atoms with E-state index in [2.05, 4.69) is 0 Å². The number of halogens is 1. The number of aryl methyl sites for hydroxylation is 2. The van der Waals surface area contributed by atoms with Gasteiger partial charge in [-0.25, -0.2) is 13.9 Å². The van der Waals surface area contributed by atoms with Gasteiger partial charge >= 0.3 is 0 Å². The van der Waals surface area contributed by atoms with Crippen LogP contribution in [-0.4, -0.2) is 57.4 Å². The maximum atomic E-state index is 14.5. The summed E-state index contributed by atoms with van der Waals surface area (Å²) in [4.78, 5) is 33.0. The SMILES string of the molecule is CC(=O)c1ccc(N2CCN(C(=O)CCc3c(C)nc4c5ccccc5nn4c3C)CC2)c(F)c1. The van der Waals surface area contributed by atoms with Crippen molar-refractivity contribution in [1.29, 1.82) is 0 Å². The molecule has 3 heterocycles. The van der Waals surface area contributed by atoms with Crippen LogP contribution in [0.4, 0.5) is 10.1 Å². The molecule has 8 heteroatoms. The predicted molar refractivity (Wildman–Crippen MR) is 133 cm³/mol. The summed E-state index contributed by atoms with van der Waals surface area (Å²) in [5.41, 5.74) is 5.55. The van der Waals surface area contributed by atoms with Gasteiger partial charge in [-0.3, -0.25) is 9.59 Å². The van der Waals surface area contributed by atoms with Crippen molar-refractivity contribution in [2.45, 2.75) is 33.6 Å². The van der Waals surface area contributed by atoms with E-state index in [4.69, 9.17) is 10.1 Å². The molecule has 1 aliphatic heterocycles. The van der Waals surface area contributed by atoms with E-state index in [1.165, 1.54) is 13.0 Å². The zero-order chi connectivity index (χ0) is 24.7. The van der Waals surface area contributed by atoms with Crippen molar-refractivity contribution in [2.75, 3.05) is 31.1 Å². The molecule has 0 N–H and O–H groups in total. The molecule has 1 fully saturated rings. The summed E-state index contributed by atoms with van der Waals surface area (Å²) in [6.07, 6.45) is 0.980. The van der Waals surface area contributed by atoms with Crippen LogP contribution in [0.1, 0.15) is 40.7 Å². The van der Waals surface area contributed by atoms with Crippen molar-refractivity contribution in [3.05, 3.63) is 70.8 Å². The predicted octanol–water partition coefficient (Wildman–Crippen LogP) is 4.12. The third-order valence-corrected chi connectivity index (χ3v) is 6.93. The second kappa shape index (κ2) is 9.09. The van der Waals surface area contributed by atoms with Gasteiger partial charge in [0.15, 0.2) is 11.4 Å². The van der Waals surface area contributed by atoms with Gasteiger partial charge in [0, 0.05) is 54.9 Å². The molecule has 0 spiro atoms. The third kappa shape index (κ3) is 4.24. The van der Waals surface area contributed by atoms with Crippen LogP contribution in [0, 0.1) is 19.7 Å². The van der Waals surface area contributed by atoms with Crippen LogP contribution in [0.2, 0.25) is 0 Å². The van der Waals surface area contributed by atoms with E-state index in [0.29, 0.717) is 50.3 Å². The van der Waals surface area contributed by atoms with Crippen LogP contribution in [-0.2, 0) is 11.2 Å². The molecule has 5 rings (SSSR count). The van der Waals surface area contributed by atoms with Crippen LogP contribution in [0.3, 0.4) is 0 Å². The number of hydrogen-bond donors (Lipinski definition) is 0. The van der Waals surface area contributed by atoms with Crippen LogP contribution < -0.4 is 4.90 Å². The minimum Gasteiger partial charge on any atom is -0.366 e. The fraction of sp³-hybridized carbons (Fsp3) is 0.333. The van der Waals surface area contributed by atoms with Gasteiger partial charge < -0.3 is 9.80 Å². The Morgan fingerprint density at radius 2 is 1.77 bits per heavy atom. The minimum atomic E-state index is -0.405. The fourth-order valence-corrected chi connectivity index (χ4v) is 4.91. The van der Waals surface area contributed by atoms with Crippen molar-refractivity contribution in [2.24, 2.45) is 0 Å². The van der Waals surface area contributed by atoms with Gasteiger partial charge in [-0.05, 0) is 63.1 Å². The minimum absolute atomic E-state index is 0.0848. The lowest BCUT2D eigenvalue weighted by Gasteiger charge is -2.36. The Kier molecular flexibility index (Phi) is 5.96. The molecule has 0 bridgehead atoms. The molecular formula is C27H28FN5O2. The maximum Gasteiger partial charge on any atom is 0.223 e. The molecule has 4 aromatic rings. The number of aromatic nitrogens is 3. The Morgan fingerprint density at radius 1 is 1.03 bits per heavy atom. The van der Waals surface area contributed by atoms with E-state index < -0.39 is 5.82 Å². The molecule has 1 aliphatic rings. The number of carbonyl (C=O) groups excluding carboxylic acids is 2. The largest absolute Gasteiger partial charge is 0.366 e. The molecule has 2 aromatic carbocycles. The van der Waals surface area contributed by atoms with E-state index in [1.54, 1.807) is 12.1 Å². The Balaban J connectivity index is 1.24. The quantitative estimate of drug-likeness (QED) is 0.408. The fourth-order valence-electron chi connectivity index (χ4n) is 4.91. The van der Waals surface area contributed by atoms with Crippen molar-refractivity contribution >= 4 is 33.9 Å². The highest BCUT2D eigenvalue weighted by Gasteiger charge is 2.24. The number of nitrogens with zero attached hydrogens (tertiary/aromatic N) is 5. The first-order valence-corrected chi connectivity index (χ1v) is 11.9. The number of piperazine rings is 1. The lowest BCUT2D eigenvalue weighted by Crippen LogP contribution is -2.49.